The fourth-order valence-corrected chi connectivity index (χ4v) is 5.28. The molecule has 0 aliphatic carbocycles. The first-order valence-corrected chi connectivity index (χ1v) is 11.1. The number of ether oxygens (including phenoxy) is 1. The lowest BCUT2D eigenvalue weighted by atomic mass is 9.82. The summed E-state index contributed by atoms with van der Waals surface area (Å²) in [6.45, 7) is 2.03. The zero-order valence-corrected chi connectivity index (χ0v) is 19.6. The number of allylic oxidation sites excluding steroid dienone is 2. The van der Waals surface area contributed by atoms with Gasteiger partial charge in [0.2, 0.25) is 0 Å². The van der Waals surface area contributed by atoms with Crippen LogP contribution in [-0.4, -0.2) is 34.8 Å². The molecule has 5 nitrogen and oxygen atoms in total. The van der Waals surface area contributed by atoms with E-state index in [2.05, 4.69) is 36.8 Å². The second-order valence-electron chi connectivity index (χ2n) is 7.28. The fourth-order valence-electron chi connectivity index (χ4n) is 3.97. The van der Waals surface area contributed by atoms with Crippen LogP contribution in [0.5, 0.6) is 11.5 Å². The molecule has 0 amide bonds. The van der Waals surface area contributed by atoms with Gasteiger partial charge in [0.1, 0.15) is 11.9 Å². The van der Waals surface area contributed by atoms with Crippen molar-refractivity contribution in [1.29, 1.82) is 0 Å². The number of carbonyl (C=O) groups excluding carboxylic acids is 1. The number of carbonyl (C=O) groups is 1. The van der Waals surface area contributed by atoms with Gasteiger partial charge in [-0.25, -0.2) is 0 Å². The lowest BCUT2D eigenvalue weighted by Crippen LogP contribution is -2.46. The van der Waals surface area contributed by atoms with E-state index in [1.165, 1.54) is 7.11 Å². The SMILES string of the molecule is COc1cc(C2C(C)C(C(=O)c3ccccc3)N=C3C(Br)=CC(Br)=CN32)ccc1O. The Morgan fingerprint density at radius 2 is 1.90 bits per heavy atom. The molecule has 0 bridgehead atoms. The highest BCUT2D eigenvalue weighted by molar-refractivity contribution is 9.12. The van der Waals surface area contributed by atoms with E-state index in [1.54, 1.807) is 6.07 Å². The Morgan fingerprint density at radius 1 is 1.17 bits per heavy atom. The lowest BCUT2D eigenvalue weighted by Gasteiger charge is -2.43. The van der Waals surface area contributed by atoms with E-state index >= 15 is 0 Å². The number of hydrogen-bond acceptors (Lipinski definition) is 5. The molecule has 0 saturated heterocycles. The van der Waals surface area contributed by atoms with Crippen molar-refractivity contribution in [2.75, 3.05) is 7.11 Å². The Bertz CT molecular complexity index is 1080. The predicted octanol–water partition coefficient (Wildman–Crippen LogP) is 5.57. The fraction of sp³-hybridized carbons (Fsp3) is 0.217. The largest absolute Gasteiger partial charge is 0.504 e. The van der Waals surface area contributed by atoms with Crippen molar-refractivity contribution in [2.45, 2.75) is 19.0 Å². The summed E-state index contributed by atoms with van der Waals surface area (Å²) in [6.07, 6.45) is 3.89. The third-order valence-electron chi connectivity index (χ3n) is 5.41. The summed E-state index contributed by atoms with van der Waals surface area (Å²) in [7, 11) is 1.52. The van der Waals surface area contributed by atoms with Crippen LogP contribution in [-0.2, 0) is 0 Å². The Hall–Kier alpha value is -2.38. The number of halogens is 2. The van der Waals surface area contributed by atoms with Crippen LogP contribution in [0.15, 0.2) is 74.8 Å². The third kappa shape index (κ3) is 3.72. The number of hydrogen-bond donors (Lipinski definition) is 1. The highest BCUT2D eigenvalue weighted by Crippen LogP contribution is 2.43. The Kier molecular flexibility index (Phi) is 5.84. The van der Waals surface area contributed by atoms with Crippen molar-refractivity contribution in [1.82, 2.24) is 4.90 Å². The number of aromatic hydroxyl groups is 1. The molecule has 2 heterocycles. The maximum atomic E-state index is 13.4. The van der Waals surface area contributed by atoms with E-state index < -0.39 is 6.04 Å². The summed E-state index contributed by atoms with van der Waals surface area (Å²) < 4.78 is 7.01. The van der Waals surface area contributed by atoms with Crippen LogP contribution < -0.4 is 4.74 Å². The standard InChI is InChI=1S/C23H20Br2N2O3/c1-13-20(22(29)14-6-4-3-5-7-14)26-23-17(25)11-16(24)12-27(23)21(13)15-8-9-18(28)19(10-15)30-2/h3-13,20-21,28H,1-2H3. The number of ketones is 1. The maximum absolute atomic E-state index is 13.4. The Balaban J connectivity index is 1.84. The first-order valence-electron chi connectivity index (χ1n) is 9.48. The number of nitrogens with zero attached hydrogens (tertiary/aromatic N) is 2. The molecule has 3 unspecified atom stereocenters. The van der Waals surface area contributed by atoms with Gasteiger partial charge in [-0.05, 0) is 55.6 Å². The minimum absolute atomic E-state index is 0.0140. The van der Waals surface area contributed by atoms with Crippen LogP contribution in [0.4, 0.5) is 0 Å². The van der Waals surface area contributed by atoms with E-state index in [0.717, 1.165) is 14.5 Å². The number of methoxy groups -OCH3 is 1. The number of benzene rings is 2. The summed E-state index contributed by atoms with van der Waals surface area (Å²) in [5.74, 6) is 1.02. The average molecular weight is 532 g/mol. The van der Waals surface area contributed by atoms with Gasteiger partial charge in [-0.1, -0.05) is 43.3 Å². The van der Waals surface area contributed by atoms with Gasteiger partial charge in [-0.2, -0.15) is 0 Å². The van der Waals surface area contributed by atoms with Crippen molar-refractivity contribution in [3.63, 3.8) is 0 Å². The molecular weight excluding hydrogens is 512 g/mol. The lowest BCUT2D eigenvalue weighted by molar-refractivity contribution is 0.0898. The molecule has 2 aromatic carbocycles. The number of aliphatic imine (C=N–C) groups is 1. The van der Waals surface area contributed by atoms with Gasteiger partial charge in [0.25, 0.3) is 0 Å². The minimum atomic E-state index is -0.547. The second-order valence-corrected chi connectivity index (χ2v) is 9.05. The highest BCUT2D eigenvalue weighted by atomic mass is 79.9. The van der Waals surface area contributed by atoms with Gasteiger partial charge in [-0.3, -0.25) is 9.79 Å². The number of rotatable bonds is 4. The van der Waals surface area contributed by atoms with Gasteiger partial charge in [0.15, 0.2) is 17.3 Å². The van der Waals surface area contributed by atoms with Crippen molar-refractivity contribution >= 4 is 43.5 Å². The molecule has 3 atom stereocenters. The molecule has 154 valence electrons. The summed E-state index contributed by atoms with van der Waals surface area (Å²) in [5.41, 5.74) is 1.57. The number of amidine groups is 1. The first-order chi connectivity index (χ1) is 14.4. The zero-order chi connectivity index (χ0) is 21.4. The molecule has 7 heteroatoms. The van der Waals surface area contributed by atoms with Crippen molar-refractivity contribution in [3.8, 4) is 11.5 Å². The normalized spacial score (nSPS) is 23.1. The first kappa shape index (κ1) is 20.9. The molecule has 0 fully saturated rings. The molecule has 4 rings (SSSR count). The second kappa shape index (κ2) is 8.40. The smallest absolute Gasteiger partial charge is 0.187 e. The van der Waals surface area contributed by atoms with E-state index in [0.29, 0.717) is 17.1 Å². The van der Waals surface area contributed by atoms with Crippen LogP contribution in [0.25, 0.3) is 0 Å². The highest BCUT2D eigenvalue weighted by Gasteiger charge is 2.42. The summed E-state index contributed by atoms with van der Waals surface area (Å²) in [5, 5.41) is 10.1. The third-order valence-corrected chi connectivity index (χ3v) is 6.43. The van der Waals surface area contributed by atoms with Crippen LogP contribution in [0.2, 0.25) is 0 Å². The molecule has 0 saturated carbocycles. The molecule has 2 aromatic rings. The van der Waals surface area contributed by atoms with Gasteiger partial charge >= 0.3 is 0 Å². The Labute approximate surface area is 192 Å². The zero-order valence-electron chi connectivity index (χ0n) is 16.4. The van der Waals surface area contributed by atoms with Gasteiger partial charge in [-0.15, -0.1) is 0 Å². The van der Waals surface area contributed by atoms with Crippen LogP contribution in [0.1, 0.15) is 28.9 Å². The van der Waals surface area contributed by atoms with Gasteiger partial charge in [0.05, 0.1) is 17.6 Å². The van der Waals surface area contributed by atoms with E-state index in [4.69, 9.17) is 9.73 Å². The average Bonchev–Trinajstić information content (AvgIpc) is 2.74. The summed E-state index contributed by atoms with van der Waals surface area (Å²) in [6, 6.07) is 13.8. The number of Topliss-reactive ketones (excluding diaryl/α,β-unsaturated/α-hetero) is 1. The molecular formula is C23H20Br2N2O3. The Morgan fingerprint density at radius 3 is 2.60 bits per heavy atom. The summed E-state index contributed by atoms with van der Waals surface area (Å²) >= 11 is 7.16. The molecule has 2 aliphatic heterocycles. The molecule has 0 aromatic heterocycles. The molecule has 1 N–H and O–H groups in total. The molecule has 30 heavy (non-hydrogen) atoms. The van der Waals surface area contributed by atoms with Crippen molar-refractivity contribution in [3.05, 3.63) is 80.9 Å². The van der Waals surface area contributed by atoms with E-state index in [1.807, 2.05) is 61.7 Å². The van der Waals surface area contributed by atoms with Gasteiger partial charge < -0.3 is 14.7 Å². The van der Waals surface area contributed by atoms with Crippen molar-refractivity contribution in [2.24, 2.45) is 10.9 Å². The number of phenolic OH excluding ortho intramolecular Hbond substituents is 1. The minimum Gasteiger partial charge on any atom is -0.504 e. The molecule has 0 radical (unpaired) electrons. The molecule has 2 aliphatic rings. The van der Waals surface area contributed by atoms with Crippen LogP contribution in [0, 0.1) is 5.92 Å². The molecule has 0 spiro atoms. The van der Waals surface area contributed by atoms with Crippen LogP contribution in [0.3, 0.4) is 0 Å². The predicted molar refractivity (Wildman–Crippen MR) is 124 cm³/mol. The maximum Gasteiger partial charge on any atom is 0.187 e. The summed E-state index contributed by atoms with van der Waals surface area (Å²) in [4.78, 5) is 20.3. The van der Waals surface area contributed by atoms with Crippen molar-refractivity contribution < 1.29 is 14.6 Å². The van der Waals surface area contributed by atoms with E-state index in [9.17, 15) is 9.90 Å². The quantitative estimate of drug-likeness (QED) is 0.524. The monoisotopic (exact) mass is 530 g/mol. The van der Waals surface area contributed by atoms with Gasteiger partial charge in [0, 0.05) is 22.2 Å². The number of fused-ring (bicyclic) bond motifs is 1. The number of phenols is 1. The van der Waals surface area contributed by atoms with Crippen LogP contribution >= 0.6 is 31.9 Å². The topological polar surface area (TPSA) is 62.1 Å². The van der Waals surface area contributed by atoms with E-state index in [-0.39, 0.29) is 23.5 Å².